The van der Waals surface area contributed by atoms with Crippen molar-refractivity contribution in [3.8, 4) is 5.75 Å². The van der Waals surface area contributed by atoms with Gasteiger partial charge >= 0.3 is 0 Å². The second kappa shape index (κ2) is 4.79. The van der Waals surface area contributed by atoms with Gasteiger partial charge in [0.25, 0.3) is 0 Å². The van der Waals surface area contributed by atoms with E-state index in [1.54, 1.807) is 6.07 Å². The lowest BCUT2D eigenvalue weighted by atomic mass is 10.2. The maximum Gasteiger partial charge on any atom is 0.165 e. The van der Waals surface area contributed by atoms with Gasteiger partial charge < -0.3 is 4.74 Å². The van der Waals surface area contributed by atoms with Crippen LogP contribution in [0.4, 0.5) is 4.39 Å². The largest absolute Gasteiger partial charge is 0.486 e. The molecule has 0 aliphatic rings. The van der Waals surface area contributed by atoms with Gasteiger partial charge in [-0.05, 0) is 24.1 Å². The fourth-order valence-electron chi connectivity index (χ4n) is 1.53. The molecule has 0 saturated carbocycles. The summed E-state index contributed by atoms with van der Waals surface area (Å²) in [6, 6.07) is 14.7. The maximum atomic E-state index is 13.4. The fraction of sp³-hybridized carbons (Fsp3) is 0.143. The molecule has 0 aliphatic carbocycles. The molecule has 1 nitrogen and oxygen atoms in total. The van der Waals surface area contributed by atoms with Crippen LogP contribution in [0.15, 0.2) is 48.5 Å². The third kappa shape index (κ3) is 2.40. The monoisotopic (exact) mass is 216 g/mol. The van der Waals surface area contributed by atoms with Crippen LogP contribution in [0.2, 0.25) is 0 Å². The molecule has 0 aromatic heterocycles. The van der Waals surface area contributed by atoms with Crippen LogP contribution in [-0.4, -0.2) is 0 Å². The first-order valence-corrected chi connectivity index (χ1v) is 5.19. The smallest absolute Gasteiger partial charge is 0.165 e. The summed E-state index contributed by atoms with van der Waals surface area (Å²) in [5.74, 6) is 0.0299. The lowest BCUT2D eigenvalue weighted by Crippen LogP contribution is -1.98. The van der Waals surface area contributed by atoms with Gasteiger partial charge in [-0.1, -0.05) is 42.5 Å². The van der Waals surface area contributed by atoms with E-state index in [1.165, 1.54) is 6.07 Å². The average Bonchev–Trinajstić information content (AvgIpc) is 2.30. The van der Waals surface area contributed by atoms with Crippen molar-refractivity contribution in [1.29, 1.82) is 0 Å². The van der Waals surface area contributed by atoms with Crippen LogP contribution in [0.25, 0.3) is 0 Å². The van der Waals surface area contributed by atoms with E-state index >= 15 is 0 Å². The Morgan fingerprint density at radius 3 is 2.44 bits per heavy atom. The first-order valence-electron chi connectivity index (χ1n) is 5.19. The van der Waals surface area contributed by atoms with E-state index in [9.17, 15) is 4.39 Å². The van der Waals surface area contributed by atoms with Gasteiger partial charge in [0.05, 0.1) is 0 Å². The molecule has 0 bridgehead atoms. The number of rotatable bonds is 3. The molecular weight excluding hydrogens is 203 g/mol. The molecule has 82 valence electrons. The van der Waals surface area contributed by atoms with Crippen LogP contribution in [0.3, 0.4) is 0 Å². The van der Waals surface area contributed by atoms with Crippen LogP contribution in [0, 0.1) is 12.7 Å². The summed E-state index contributed by atoms with van der Waals surface area (Å²) < 4.78 is 18.9. The zero-order chi connectivity index (χ0) is 11.4. The standard InChI is InChI=1S/C14H13FO/c1-11-6-5-9-13(15)14(11)16-10-12-7-3-2-4-8-12/h2-9H,10H2,1H3. The van der Waals surface area contributed by atoms with E-state index in [-0.39, 0.29) is 5.82 Å². The molecule has 0 fully saturated rings. The number of hydrogen-bond acceptors (Lipinski definition) is 1. The van der Waals surface area contributed by atoms with Crippen LogP contribution in [0.5, 0.6) is 5.75 Å². The second-order valence-electron chi connectivity index (χ2n) is 3.66. The van der Waals surface area contributed by atoms with Crippen molar-refractivity contribution in [3.63, 3.8) is 0 Å². The first kappa shape index (κ1) is 10.7. The highest BCUT2D eigenvalue weighted by atomic mass is 19.1. The molecule has 2 rings (SSSR count). The number of ether oxygens (including phenoxy) is 1. The number of aryl methyl sites for hydroxylation is 1. The molecule has 0 spiro atoms. The minimum Gasteiger partial charge on any atom is -0.486 e. The van der Waals surface area contributed by atoms with Crippen molar-refractivity contribution in [2.45, 2.75) is 13.5 Å². The third-order valence-corrected chi connectivity index (χ3v) is 2.39. The highest BCUT2D eigenvalue weighted by Crippen LogP contribution is 2.22. The Balaban J connectivity index is 2.11. The van der Waals surface area contributed by atoms with Crippen LogP contribution >= 0.6 is 0 Å². The molecule has 0 amide bonds. The molecule has 0 radical (unpaired) electrons. The second-order valence-corrected chi connectivity index (χ2v) is 3.66. The van der Waals surface area contributed by atoms with Gasteiger partial charge in [-0.15, -0.1) is 0 Å². The Morgan fingerprint density at radius 2 is 1.75 bits per heavy atom. The summed E-state index contributed by atoms with van der Waals surface area (Å²) in [5, 5.41) is 0. The quantitative estimate of drug-likeness (QED) is 0.759. The highest BCUT2D eigenvalue weighted by molar-refractivity contribution is 5.33. The van der Waals surface area contributed by atoms with E-state index in [1.807, 2.05) is 43.3 Å². The topological polar surface area (TPSA) is 9.23 Å². The Morgan fingerprint density at radius 1 is 1.00 bits per heavy atom. The van der Waals surface area contributed by atoms with Crippen molar-refractivity contribution >= 4 is 0 Å². The molecule has 0 heterocycles. The van der Waals surface area contributed by atoms with Crippen molar-refractivity contribution in [3.05, 3.63) is 65.5 Å². The van der Waals surface area contributed by atoms with Gasteiger partial charge in [0.1, 0.15) is 6.61 Å². The van der Waals surface area contributed by atoms with Gasteiger partial charge in [0, 0.05) is 0 Å². The Bertz CT molecular complexity index is 445. The Kier molecular flexibility index (Phi) is 3.20. The lowest BCUT2D eigenvalue weighted by Gasteiger charge is -2.09. The highest BCUT2D eigenvalue weighted by Gasteiger charge is 2.05. The van der Waals surface area contributed by atoms with Crippen LogP contribution < -0.4 is 4.74 Å². The summed E-state index contributed by atoms with van der Waals surface area (Å²) in [7, 11) is 0. The molecule has 2 aromatic rings. The molecule has 0 unspecified atom stereocenters. The fourth-order valence-corrected chi connectivity index (χ4v) is 1.53. The molecule has 0 aliphatic heterocycles. The maximum absolute atomic E-state index is 13.4. The van der Waals surface area contributed by atoms with Crippen molar-refractivity contribution < 1.29 is 9.13 Å². The predicted octanol–water partition coefficient (Wildman–Crippen LogP) is 3.71. The molecule has 0 atom stereocenters. The molecular formula is C14H13FO. The lowest BCUT2D eigenvalue weighted by molar-refractivity contribution is 0.288. The van der Waals surface area contributed by atoms with E-state index in [0.29, 0.717) is 12.4 Å². The summed E-state index contributed by atoms with van der Waals surface area (Å²) in [6.07, 6.45) is 0. The average molecular weight is 216 g/mol. The van der Waals surface area contributed by atoms with Gasteiger partial charge in [0.2, 0.25) is 0 Å². The van der Waals surface area contributed by atoms with Crippen molar-refractivity contribution in [2.75, 3.05) is 0 Å². The number of halogens is 1. The van der Waals surface area contributed by atoms with E-state index < -0.39 is 0 Å². The van der Waals surface area contributed by atoms with Gasteiger partial charge in [-0.2, -0.15) is 0 Å². The first-order chi connectivity index (χ1) is 7.77. The molecule has 0 N–H and O–H groups in total. The molecule has 2 heteroatoms. The Hall–Kier alpha value is -1.83. The number of hydrogen-bond donors (Lipinski definition) is 0. The zero-order valence-corrected chi connectivity index (χ0v) is 9.11. The number of para-hydroxylation sites is 1. The zero-order valence-electron chi connectivity index (χ0n) is 9.11. The minimum atomic E-state index is -0.309. The van der Waals surface area contributed by atoms with Gasteiger partial charge in [-0.25, -0.2) is 4.39 Å². The normalized spacial score (nSPS) is 10.1. The summed E-state index contributed by atoms with van der Waals surface area (Å²) >= 11 is 0. The SMILES string of the molecule is Cc1cccc(F)c1OCc1ccccc1. The van der Waals surface area contributed by atoms with Gasteiger partial charge in [0.15, 0.2) is 11.6 Å². The molecule has 0 saturated heterocycles. The number of benzene rings is 2. The van der Waals surface area contributed by atoms with E-state index in [0.717, 1.165) is 11.1 Å². The molecule has 2 aromatic carbocycles. The van der Waals surface area contributed by atoms with Crippen molar-refractivity contribution in [2.24, 2.45) is 0 Å². The molecule has 16 heavy (non-hydrogen) atoms. The third-order valence-electron chi connectivity index (χ3n) is 2.39. The van der Waals surface area contributed by atoms with E-state index in [4.69, 9.17) is 4.74 Å². The summed E-state index contributed by atoms with van der Waals surface area (Å²) in [5.41, 5.74) is 1.85. The summed E-state index contributed by atoms with van der Waals surface area (Å²) in [6.45, 7) is 2.23. The Labute approximate surface area is 94.5 Å². The predicted molar refractivity (Wildman–Crippen MR) is 61.9 cm³/mol. The van der Waals surface area contributed by atoms with Gasteiger partial charge in [-0.3, -0.25) is 0 Å². The minimum absolute atomic E-state index is 0.309. The summed E-state index contributed by atoms with van der Waals surface area (Å²) in [4.78, 5) is 0. The van der Waals surface area contributed by atoms with Crippen LogP contribution in [0.1, 0.15) is 11.1 Å². The van der Waals surface area contributed by atoms with Crippen LogP contribution in [-0.2, 0) is 6.61 Å². The van der Waals surface area contributed by atoms with Crippen molar-refractivity contribution in [1.82, 2.24) is 0 Å². The van der Waals surface area contributed by atoms with E-state index in [2.05, 4.69) is 0 Å².